The van der Waals surface area contributed by atoms with E-state index in [-0.39, 0.29) is 21.8 Å². The van der Waals surface area contributed by atoms with Crippen molar-refractivity contribution < 1.29 is 17.9 Å². The van der Waals surface area contributed by atoms with Crippen molar-refractivity contribution in [2.75, 3.05) is 7.11 Å². The summed E-state index contributed by atoms with van der Waals surface area (Å²) in [5.41, 5.74) is 1.18. The average molecular weight is 398 g/mol. The van der Waals surface area contributed by atoms with Gasteiger partial charge in [-0.1, -0.05) is 51.1 Å². The molecule has 2 aromatic carbocycles. The monoisotopic (exact) mass is 398 g/mol. The van der Waals surface area contributed by atoms with Crippen molar-refractivity contribution in [3.8, 4) is 5.75 Å². The molecule has 0 saturated carbocycles. The summed E-state index contributed by atoms with van der Waals surface area (Å²) in [6.45, 7) is 5.92. The Kier molecular flexibility index (Phi) is 5.12. The normalized spacial score (nSPS) is 12.0. The summed E-state index contributed by atoms with van der Waals surface area (Å²) in [4.78, 5) is 16.7. The number of carbonyl (C=O) groups excluding carboxylic acids is 1. The van der Waals surface area contributed by atoms with Gasteiger partial charge in [0.2, 0.25) is 0 Å². The molecule has 0 aliphatic rings. The maximum absolute atomic E-state index is 12.9. The third-order valence-corrected chi connectivity index (χ3v) is 5.73. The second-order valence-corrected chi connectivity index (χ2v) is 9.09. The van der Waals surface area contributed by atoms with Gasteiger partial charge in [-0.3, -0.25) is 4.79 Å². The second-order valence-electron chi connectivity index (χ2n) is 7.44. The summed E-state index contributed by atoms with van der Waals surface area (Å²) in [7, 11) is -2.76. The zero-order valence-electron chi connectivity index (χ0n) is 16.2. The zero-order valence-corrected chi connectivity index (χ0v) is 17.0. The van der Waals surface area contributed by atoms with Crippen LogP contribution in [0.15, 0.2) is 59.5 Å². The van der Waals surface area contributed by atoms with Crippen LogP contribution in [0.2, 0.25) is 0 Å². The molecule has 0 bridgehead atoms. The molecule has 0 saturated heterocycles. The number of para-hydroxylation sites is 1. The highest BCUT2D eigenvalue weighted by atomic mass is 32.2. The number of benzene rings is 2. The van der Waals surface area contributed by atoms with Crippen molar-refractivity contribution >= 4 is 26.8 Å². The van der Waals surface area contributed by atoms with Gasteiger partial charge in [-0.2, -0.15) is 0 Å². The lowest BCUT2D eigenvalue weighted by Gasteiger charge is -2.21. The Balaban J connectivity index is 1.97. The number of amides is 1. The number of nitrogens with zero attached hydrogens (tertiary/aromatic N) is 1. The molecule has 7 heteroatoms. The van der Waals surface area contributed by atoms with Crippen molar-refractivity contribution in [3.05, 3.63) is 65.9 Å². The van der Waals surface area contributed by atoms with E-state index >= 15 is 0 Å². The first kappa shape index (κ1) is 19.8. The minimum Gasteiger partial charge on any atom is -0.495 e. The van der Waals surface area contributed by atoms with Crippen LogP contribution in [0, 0.1) is 0 Å². The summed E-state index contributed by atoms with van der Waals surface area (Å²) < 4.78 is 33.1. The van der Waals surface area contributed by atoms with Crippen LogP contribution in [0.4, 0.5) is 0 Å². The number of sulfonamides is 1. The van der Waals surface area contributed by atoms with E-state index < -0.39 is 15.9 Å². The van der Waals surface area contributed by atoms with Crippen LogP contribution in [-0.2, 0) is 15.4 Å². The minimum atomic E-state index is -4.15. The molecular formula is C21H22N2O4S. The molecule has 0 aliphatic carbocycles. The number of nitrogens with one attached hydrogen (secondary N) is 1. The van der Waals surface area contributed by atoms with Gasteiger partial charge < -0.3 is 4.74 Å². The molecule has 146 valence electrons. The number of rotatable bonds is 4. The van der Waals surface area contributed by atoms with E-state index in [1.165, 1.54) is 19.2 Å². The van der Waals surface area contributed by atoms with Crippen LogP contribution in [0.1, 0.15) is 36.8 Å². The van der Waals surface area contributed by atoms with Gasteiger partial charge in [-0.05, 0) is 35.2 Å². The van der Waals surface area contributed by atoms with Crippen molar-refractivity contribution in [1.29, 1.82) is 0 Å². The van der Waals surface area contributed by atoms with Crippen LogP contribution < -0.4 is 9.46 Å². The number of carbonyl (C=O) groups is 1. The van der Waals surface area contributed by atoms with E-state index in [4.69, 9.17) is 4.74 Å². The molecule has 0 spiro atoms. The fourth-order valence-corrected chi connectivity index (χ4v) is 3.93. The van der Waals surface area contributed by atoms with Crippen molar-refractivity contribution in [2.45, 2.75) is 31.1 Å². The van der Waals surface area contributed by atoms with E-state index in [9.17, 15) is 13.2 Å². The Morgan fingerprint density at radius 2 is 1.75 bits per heavy atom. The van der Waals surface area contributed by atoms with Crippen LogP contribution >= 0.6 is 0 Å². The number of hydrogen-bond donors (Lipinski definition) is 1. The number of methoxy groups -OCH3 is 1. The van der Waals surface area contributed by atoms with E-state index in [1.807, 2.05) is 39.0 Å². The largest absolute Gasteiger partial charge is 0.495 e. The molecule has 1 N–H and O–H groups in total. The van der Waals surface area contributed by atoms with E-state index in [0.29, 0.717) is 5.52 Å². The van der Waals surface area contributed by atoms with Crippen molar-refractivity contribution in [2.24, 2.45) is 0 Å². The van der Waals surface area contributed by atoms with Gasteiger partial charge in [0.05, 0.1) is 12.6 Å². The number of ether oxygens (including phenoxy) is 1. The number of pyridine rings is 1. The summed E-state index contributed by atoms with van der Waals surface area (Å²) >= 11 is 0. The van der Waals surface area contributed by atoms with Gasteiger partial charge in [0, 0.05) is 5.39 Å². The van der Waals surface area contributed by atoms with Crippen LogP contribution in [0.3, 0.4) is 0 Å². The zero-order chi connectivity index (χ0) is 20.5. The Hall–Kier alpha value is -2.93. The van der Waals surface area contributed by atoms with Gasteiger partial charge in [0.25, 0.3) is 15.9 Å². The maximum atomic E-state index is 12.9. The Labute approximate surface area is 164 Å². The van der Waals surface area contributed by atoms with Gasteiger partial charge in [0.1, 0.15) is 16.3 Å². The molecule has 1 aromatic heterocycles. The predicted octanol–water partition coefficient (Wildman–Crippen LogP) is 3.66. The van der Waals surface area contributed by atoms with Gasteiger partial charge in [-0.25, -0.2) is 18.1 Å². The SMILES string of the molecule is COc1ccc(C(C)(C)C)cc1S(=O)(=O)NC(=O)c1ccc2ccccc2n1. The van der Waals surface area contributed by atoms with E-state index in [2.05, 4.69) is 9.71 Å². The van der Waals surface area contributed by atoms with E-state index in [0.717, 1.165) is 10.9 Å². The second kappa shape index (κ2) is 7.24. The van der Waals surface area contributed by atoms with Gasteiger partial charge in [0.15, 0.2) is 0 Å². The molecule has 1 heterocycles. The molecule has 3 rings (SSSR count). The van der Waals surface area contributed by atoms with Crippen molar-refractivity contribution in [3.63, 3.8) is 0 Å². The maximum Gasteiger partial charge on any atom is 0.283 e. The standard InChI is InChI=1S/C21H22N2O4S/c1-21(2,3)15-10-12-18(27-4)19(13-15)28(25,26)23-20(24)17-11-9-14-7-5-6-8-16(14)22-17/h5-13H,1-4H3,(H,23,24). The van der Waals surface area contributed by atoms with Crippen molar-refractivity contribution in [1.82, 2.24) is 9.71 Å². The molecule has 3 aromatic rings. The number of hydrogen-bond acceptors (Lipinski definition) is 5. The molecule has 0 unspecified atom stereocenters. The fourth-order valence-electron chi connectivity index (χ4n) is 2.78. The lowest BCUT2D eigenvalue weighted by molar-refractivity contribution is 0.0977. The first-order chi connectivity index (χ1) is 13.1. The third-order valence-electron chi connectivity index (χ3n) is 4.38. The highest BCUT2D eigenvalue weighted by Gasteiger charge is 2.26. The van der Waals surface area contributed by atoms with Crippen LogP contribution in [-0.4, -0.2) is 26.4 Å². The predicted molar refractivity (Wildman–Crippen MR) is 108 cm³/mol. The first-order valence-corrected chi connectivity index (χ1v) is 10.2. The first-order valence-electron chi connectivity index (χ1n) is 8.73. The average Bonchev–Trinajstić information content (AvgIpc) is 2.66. The molecule has 0 radical (unpaired) electrons. The van der Waals surface area contributed by atoms with Gasteiger partial charge >= 0.3 is 0 Å². The lowest BCUT2D eigenvalue weighted by atomic mass is 9.87. The smallest absolute Gasteiger partial charge is 0.283 e. The molecule has 0 aliphatic heterocycles. The Morgan fingerprint density at radius 3 is 2.43 bits per heavy atom. The fraction of sp³-hybridized carbons (Fsp3) is 0.238. The summed E-state index contributed by atoms with van der Waals surface area (Å²) in [6, 6.07) is 15.4. The number of aromatic nitrogens is 1. The van der Waals surface area contributed by atoms with Crippen LogP contribution in [0.25, 0.3) is 10.9 Å². The topological polar surface area (TPSA) is 85.4 Å². The number of fused-ring (bicyclic) bond motifs is 1. The Morgan fingerprint density at radius 1 is 1.04 bits per heavy atom. The quantitative estimate of drug-likeness (QED) is 0.725. The molecule has 28 heavy (non-hydrogen) atoms. The molecular weight excluding hydrogens is 376 g/mol. The molecule has 0 fully saturated rings. The summed E-state index contributed by atoms with van der Waals surface area (Å²) in [6.07, 6.45) is 0. The lowest BCUT2D eigenvalue weighted by Crippen LogP contribution is -2.31. The van der Waals surface area contributed by atoms with Crippen LogP contribution in [0.5, 0.6) is 5.75 Å². The highest BCUT2D eigenvalue weighted by molar-refractivity contribution is 7.90. The molecule has 0 atom stereocenters. The van der Waals surface area contributed by atoms with Gasteiger partial charge in [-0.15, -0.1) is 0 Å². The molecule has 6 nitrogen and oxygen atoms in total. The Bertz CT molecular complexity index is 1150. The minimum absolute atomic E-state index is 0.0215. The highest BCUT2D eigenvalue weighted by Crippen LogP contribution is 2.30. The third kappa shape index (κ3) is 3.99. The molecule has 1 amide bonds. The van der Waals surface area contributed by atoms with E-state index in [1.54, 1.807) is 24.3 Å². The summed E-state index contributed by atoms with van der Waals surface area (Å²) in [5, 5.41) is 0.862. The summed E-state index contributed by atoms with van der Waals surface area (Å²) in [5.74, 6) is -0.631.